The van der Waals surface area contributed by atoms with Crippen molar-refractivity contribution in [3.05, 3.63) is 23.0 Å². The van der Waals surface area contributed by atoms with E-state index in [2.05, 4.69) is 16.0 Å². The first-order chi connectivity index (χ1) is 9.17. The molecular weight excluding hydrogens is 238 g/mol. The van der Waals surface area contributed by atoms with Gasteiger partial charge in [0.15, 0.2) is 0 Å². The topological polar surface area (TPSA) is 62.4 Å². The smallest absolute Gasteiger partial charge is 0.0450 e. The molecule has 0 saturated carbocycles. The Balaban J connectivity index is 2.37. The number of aliphatic hydroxyl groups excluding tert-OH is 1. The summed E-state index contributed by atoms with van der Waals surface area (Å²) in [5.41, 5.74) is 10.4. The number of hydrogen-bond acceptors (Lipinski definition) is 4. The number of nitrogens with zero attached hydrogens (tertiary/aromatic N) is 2. The van der Waals surface area contributed by atoms with Gasteiger partial charge in [-0.1, -0.05) is 0 Å². The van der Waals surface area contributed by atoms with E-state index in [-0.39, 0.29) is 6.61 Å². The molecule has 1 aliphatic heterocycles. The molecular formula is C15H25N3O. The predicted octanol–water partition coefficient (Wildman–Crippen LogP) is 1.90. The molecule has 1 aliphatic rings. The summed E-state index contributed by atoms with van der Waals surface area (Å²) in [6.07, 6.45) is 4.46. The van der Waals surface area contributed by atoms with E-state index >= 15 is 0 Å². The van der Waals surface area contributed by atoms with E-state index in [9.17, 15) is 5.11 Å². The molecule has 0 aliphatic carbocycles. The van der Waals surface area contributed by atoms with Crippen molar-refractivity contribution in [2.24, 2.45) is 5.73 Å². The van der Waals surface area contributed by atoms with Crippen LogP contribution in [0, 0.1) is 13.8 Å². The SMILES string of the molecule is Cc1cc(N2CCCCC2CCO)c(CN)c(C)n1. The third-order valence-corrected chi connectivity index (χ3v) is 4.04. The van der Waals surface area contributed by atoms with Crippen molar-refractivity contribution in [2.75, 3.05) is 18.1 Å². The first-order valence-electron chi connectivity index (χ1n) is 7.22. The van der Waals surface area contributed by atoms with Crippen LogP contribution in [0.4, 0.5) is 5.69 Å². The summed E-state index contributed by atoms with van der Waals surface area (Å²) in [4.78, 5) is 6.95. The summed E-state index contributed by atoms with van der Waals surface area (Å²) in [6, 6.07) is 2.58. The minimum absolute atomic E-state index is 0.252. The Labute approximate surface area is 115 Å². The predicted molar refractivity (Wildman–Crippen MR) is 78.3 cm³/mol. The highest BCUT2D eigenvalue weighted by Crippen LogP contribution is 2.30. The number of nitrogens with two attached hydrogens (primary N) is 1. The fourth-order valence-electron chi connectivity index (χ4n) is 3.11. The highest BCUT2D eigenvalue weighted by Gasteiger charge is 2.24. The molecule has 1 unspecified atom stereocenters. The second kappa shape index (κ2) is 6.35. The molecule has 1 fully saturated rings. The Morgan fingerprint density at radius 3 is 2.89 bits per heavy atom. The van der Waals surface area contributed by atoms with Gasteiger partial charge in [0.25, 0.3) is 0 Å². The second-order valence-corrected chi connectivity index (χ2v) is 5.41. The molecule has 1 aromatic heterocycles. The number of anilines is 1. The summed E-state index contributed by atoms with van der Waals surface area (Å²) in [5.74, 6) is 0. The van der Waals surface area contributed by atoms with Crippen molar-refractivity contribution in [3.8, 4) is 0 Å². The fourth-order valence-corrected chi connectivity index (χ4v) is 3.11. The van der Waals surface area contributed by atoms with Crippen LogP contribution in [0.2, 0.25) is 0 Å². The molecule has 0 bridgehead atoms. The summed E-state index contributed by atoms with van der Waals surface area (Å²) in [6.45, 7) is 5.89. The van der Waals surface area contributed by atoms with Crippen molar-refractivity contribution in [1.29, 1.82) is 0 Å². The van der Waals surface area contributed by atoms with E-state index in [0.717, 1.165) is 36.3 Å². The molecule has 1 saturated heterocycles. The van der Waals surface area contributed by atoms with Crippen LogP contribution in [0.15, 0.2) is 6.07 Å². The van der Waals surface area contributed by atoms with Crippen LogP contribution < -0.4 is 10.6 Å². The van der Waals surface area contributed by atoms with E-state index in [1.165, 1.54) is 18.5 Å². The minimum Gasteiger partial charge on any atom is -0.396 e. The first kappa shape index (κ1) is 14.3. The Kier molecular flexibility index (Phi) is 4.77. The van der Waals surface area contributed by atoms with E-state index < -0.39 is 0 Å². The number of hydrogen-bond donors (Lipinski definition) is 2. The van der Waals surface area contributed by atoms with Crippen molar-refractivity contribution in [1.82, 2.24) is 4.98 Å². The molecule has 2 heterocycles. The number of aromatic nitrogens is 1. The minimum atomic E-state index is 0.252. The van der Waals surface area contributed by atoms with Gasteiger partial charge in [0.1, 0.15) is 0 Å². The van der Waals surface area contributed by atoms with Crippen LogP contribution in [0.1, 0.15) is 42.6 Å². The first-order valence-corrected chi connectivity index (χ1v) is 7.22. The van der Waals surface area contributed by atoms with Crippen LogP contribution in [0.25, 0.3) is 0 Å². The number of piperidine rings is 1. The summed E-state index contributed by atoms with van der Waals surface area (Å²) in [7, 11) is 0. The maximum atomic E-state index is 9.26. The third kappa shape index (κ3) is 3.07. The molecule has 2 rings (SSSR count). The Bertz CT molecular complexity index is 432. The fraction of sp³-hybridized carbons (Fsp3) is 0.667. The van der Waals surface area contributed by atoms with E-state index in [1.807, 2.05) is 13.8 Å². The standard InChI is InChI=1S/C15H25N3O/c1-11-9-15(14(10-16)12(2)17-11)18-7-4-3-5-13(18)6-8-19/h9,13,19H,3-8,10,16H2,1-2H3. The van der Waals surface area contributed by atoms with Gasteiger partial charge in [-0.25, -0.2) is 0 Å². The lowest BCUT2D eigenvalue weighted by atomic mass is 9.97. The van der Waals surface area contributed by atoms with Crippen LogP contribution >= 0.6 is 0 Å². The van der Waals surface area contributed by atoms with E-state index in [1.54, 1.807) is 0 Å². The second-order valence-electron chi connectivity index (χ2n) is 5.41. The molecule has 0 amide bonds. The molecule has 19 heavy (non-hydrogen) atoms. The van der Waals surface area contributed by atoms with Crippen LogP contribution in [0.5, 0.6) is 0 Å². The molecule has 0 radical (unpaired) electrons. The number of aliphatic hydroxyl groups is 1. The monoisotopic (exact) mass is 263 g/mol. The zero-order chi connectivity index (χ0) is 13.8. The van der Waals surface area contributed by atoms with E-state index in [0.29, 0.717) is 12.6 Å². The van der Waals surface area contributed by atoms with Gasteiger partial charge in [0.2, 0.25) is 0 Å². The highest BCUT2D eigenvalue weighted by molar-refractivity contribution is 5.57. The highest BCUT2D eigenvalue weighted by atomic mass is 16.3. The van der Waals surface area contributed by atoms with Crippen LogP contribution in [0.3, 0.4) is 0 Å². The van der Waals surface area contributed by atoms with Crippen molar-refractivity contribution < 1.29 is 5.11 Å². The van der Waals surface area contributed by atoms with Crippen LogP contribution in [-0.2, 0) is 6.54 Å². The maximum Gasteiger partial charge on any atom is 0.0450 e. The maximum absolute atomic E-state index is 9.26. The van der Waals surface area contributed by atoms with Crippen LogP contribution in [-0.4, -0.2) is 29.3 Å². The zero-order valence-corrected chi connectivity index (χ0v) is 12.0. The lowest BCUT2D eigenvalue weighted by Crippen LogP contribution is -2.41. The Morgan fingerprint density at radius 1 is 1.42 bits per heavy atom. The Hall–Kier alpha value is -1.13. The zero-order valence-electron chi connectivity index (χ0n) is 12.0. The normalized spacial score (nSPS) is 19.8. The molecule has 3 N–H and O–H groups in total. The molecule has 0 spiro atoms. The lowest BCUT2D eigenvalue weighted by Gasteiger charge is -2.39. The van der Waals surface area contributed by atoms with Crippen molar-refractivity contribution >= 4 is 5.69 Å². The van der Waals surface area contributed by atoms with Gasteiger partial charge in [-0.2, -0.15) is 0 Å². The van der Waals surface area contributed by atoms with Gasteiger partial charge >= 0.3 is 0 Å². The lowest BCUT2D eigenvalue weighted by molar-refractivity contribution is 0.262. The van der Waals surface area contributed by atoms with Gasteiger partial charge in [0, 0.05) is 48.4 Å². The van der Waals surface area contributed by atoms with Gasteiger partial charge < -0.3 is 15.7 Å². The van der Waals surface area contributed by atoms with Crippen molar-refractivity contribution in [2.45, 2.75) is 52.1 Å². The third-order valence-electron chi connectivity index (χ3n) is 4.04. The summed E-state index contributed by atoms with van der Waals surface area (Å²) in [5, 5.41) is 9.26. The quantitative estimate of drug-likeness (QED) is 0.871. The largest absolute Gasteiger partial charge is 0.396 e. The molecule has 1 atom stereocenters. The molecule has 0 aromatic carbocycles. The molecule has 1 aromatic rings. The molecule has 4 heteroatoms. The summed E-state index contributed by atoms with van der Waals surface area (Å²) >= 11 is 0. The number of pyridine rings is 1. The van der Waals surface area contributed by atoms with Gasteiger partial charge in [0.05, 0.1) is 0 Å². The average molecular weight is 263 g/mol. The molecule has 4 nitrogen and oxygen atoms in total. The van der Waals surface area contributed by atoms with Gasteiger partial charge in [-0.15, -0.1) is 0 Å². The Morgan fingerprint density at radius 2 is 2.21 bits per heavy atom. The number of rotatable bonds is 4. The summed E-state index contributed by atoms with van der Waals surface area (Å²) < 4.78 is 0. The van der Waals surface area contributed by atoms with E-state index in [4.69, 9.17) is 5.73 Å². The number of aryl methyl sites for hydroxylation is 2. The van der Waals surface area contributed by atoms with Gasteiger partial charge in [-0.3, -0.25) is 4.98 Å². The van der Waals surface area contributed by atoms with Gasteiger partial charge in [-0.05, 0) is 45.6 Å². The molecule has 106 valence electrons. The van der Waals surface area contributed by atoms with Crippen molar-refractivity contribution in [3.63, 3.8) is 0 Å². The average Bonchev–Trinajstić information content (AvgIpc) is 2.39.